The summed E-state index contributed by atoms with van der Waals surface area (Å²) in [4.78, 5) is 6.69. The first-order chi connectivity index (χ1) is 16.1. The fraction of sp³-hybridized carbons (Fsp3) is 0.481. The van der Waals surface area contributed by atoms with E-state index >= 15 is 0 Å². The fourth-order valence-corrected chi connectivity index (χ4v) is 5.48. The van der Waals surface area contributed by atoms with Crippen LogP contribution in [-0.2, 0) is 15.9 Å². The molecule has 0 spiro atoms. The van der Waals surface area contributed by atoms with Gasteiger partial charge in [-0.1, -0.05) is 62.3 Å². The van der Waals surface area contributed by atoms with Crippen molar-refractivity contribution in [3.8, 4) is 11.5 Å². The Morgan fingerprint density at radius 1 is 1.09 bits per heavy atom. The van der Waals surface area contributed by atoms with Gasteiger partial charge >= 0.3 is 0 Å². The first kappa shape index (κ1) is 23.2. The van der Waals surface area contributed by atoms with Crippen molar-refractivity contribution in [3.63, 3.8) is 0 Å². The fourth-order valence-electron chi connectivity index (χ4n) is 5.48. The predicted octanol–water partition coefficient (Wildman–Crippen LogP) is 3.66. The molecule has 7 nitrogen and oxygen atoms in total. The average molecular weight is 464 g/mol. The topological polar surface area (TPSA) is 91.9 Å². The van der Waals surface area contributed by atoms with Gasteiger partial charge in [0.05, 0.1) is 13.2 Å². The Morgan fingerprint density at radius 3 is 2.44 bits per heavy atom. The normalized spacial score (nSPS) is 24.2. The summed E-state index contributed by atoms with van der Waals surface area (Å²) in [7, 11) is 2.07. The standard InChI is InChI=1S/C27H33N3O4/c1-18(2)19-8-10-21(11-9-19)27(32,25(3)15-30(4)16-25)22-7-5-6-20(14-22)23-28-24(29-34-23)26(31)12-13-33-17-26/h5-11,14,18,31-32H,12-13,15-17H2,1-4H3/t26-,27?/m0/s1. The van der Waals surface area contributed by atoms with Crippen LogP contribution >= 0.6 is 0 Å². The Labute approximate surface area is 200 Å². The number of rotatable bonds is 6. The maximum Gasteiger partial charge on any atom is 0.258 e. The van der Waals surface area contributed by atoms with Gasteiger partial charge < -0.3 is 24.4 Å². The van der Waals surface area contributed by atoms with Crippen LogP contribution in [-0.4, -0.2) is 58.6 Å². The summed E-state index contributed by atoms with van der Waals surface area (Å²) in [5.41, 5.74) is 0.799. The summed E-state index contributed by atoms with van der Waals surface area (Å²) in [6.07, 6.45) is 0.435. The lowest BCUT2D eigenvalue weighted by Gasteiger charge is -2.56. The molecular formula is C27H33N3O4. The molecule has 1 unspecified atom stereocenters. The van der Waals surface area contributed by atoms with E-state index in [0.29, 0.717) is 30.4 Å². The largest absolute Gasteiger partial charge is 0.380 e. The number of hydrogen-bond acceptors (Lipinski definition) is 7. The molecule has 0 saturated carbocycles. The predicted molar refractivity (Wildman–Crippen MR) is 128 cm³/mol. The van der Waals surface area contributed by atoms with E-state index in [-0.39, 0.29) is 17.8 Å². The first-order valence-corrected chi connectivity index (χ1v) is 11.9. The summed E-state index contributed by atoms with van der Waals surface area (Å²) in [6, 6.07) is 16.0. The Balaban J connectivity index is 1.56. The van der Waals surface area contributed by atoms with Gasteiger partial charge in [0.25, 0.3) is 5.89 Å². The van der Waals surface area contributed by atoms with Crippen molar-refractivity contribution in [2.24, 2.45) is 5.41 Å². The lowest BCUT2D eigenvalue weighted by molar-refractivity contribution is -0.127. The van der Waals surface area contributed by atoms with Crippen LogP contribution < -0.4 is 0 Å². The lowest BCUT2D eigenvalue weighted by atomic mass is 9.62. The van der Waals surface area contributed by atoms with Crippen LogP contribution in [0.2, 0.25) is 0 Å². The Hall–Kier alpha value is -2.58. The van der Waals surface area contributed by atoms with Crippen molar-refractivity contribution in [1.82, 2.24) is 15.0 Å². The van der Waals surface area contributed by atoms with E-state index < -0.39 is 11.2 Å². The maximum absolute atomic E-state index is 12.4. The number of nitrogens with zero attached hydrogens (tertiary/aromatic N) is 3. The van der Waals surface area contributed by atoms with E-state index in [1.807, 2.05) is 36.4 Å². The Bertz CT molecular complexity index is 1160. The van der Waals surface area contributed by atoms with Gasteiger partial charge in [-0.2, -0.15) is 4.98 Å². The average Bonchev–Trinajstić information content (AvgIpc) is 3.48. The zero-order valence-electron chi connectivity index (χ0n) is 20.3. The summed E-state index contributed by atoms with van der Waals surface area (Å²) in [5, 5.41) is 27.2. The van der Waals surface area contributed by atoms with E-state index in [9.17, 15) is 10.2 Å². The van der Waals surface area contributed by atoms with Crippen LogP contribution in [0.25, 0.3) is 11.5 Å². The molecule has 0 aliphatic carbocycles. The van der Waals surface area contributed by atoms with Crippen molar-refractivity contribution >= 4 is 0 Å². The second-order valence-electron chi connectivity index (χ2n) is 10.6. The van der Waals surface area contributed by atoms with Gasteiger partial charge in [-0.05, 0) is 41.8 Å². The van der Waals surface area contributed by atoms with Crippen LogP contribution in [0.3, 0.4) is 0 Å². The molecule has 7 heteroatoms. The number of likely N-dealkylation sites (tertiary alicyclic amines) is 1. The van der Waals surface area contributed by atoms with Gasteiger partial charge in [-0.25, -0.2) is 0 Å². The molecule has 2 atom stereocenters. The molecule has 34 heavy (non-hydrogen) atoms. The van der Waals surface area contributed by atoms with E-state index in [1.54, 1.807) is 0 Å². The van der Waals surface area contributed by atoms with Gasteiger partial charge in [0.1, 0.15) is 5.60 Å². The van der Waals surface area contributed by atoms with Crippen LogP contribution in [0.1, 0.15) is 55.6 Å². The molecule has 3 heterocycles. The van der Waals surface area contributed by atoms with Crippen molar-refractivity contribution in [1.29, 1.82) is 0 Å². The molecule has 0 amide bonds. The van der Waals surface area contributed by atoms with Crippen LogP contribution in [0.15, 0.2) is 53.1 Å². The van der Waals surface area contributed by atoms with E-state index in [1.165, 1.54) is 5.56 Å². The molecule has 0 bridgehead atoms. The summed E-state index contributed by atoms with van der Waals surface area (Å²) in [6.45, 7) is 8.64. The highest BCUT2D eigenvalue weighted by Crippen LogP contribution is 2.50. The number of aliphatic hydroxyl groups is 2. The summed E-state index contributed by atoms with van der Waals surface area (Å²) < 4.78 is 10.8. The molecule has 2 N–H and O–H groups in total. The quantitative estimate of drug-likeness (QED) is 0.576. The van der Waals surface area contributed by atoms with Crippen molar-refractivity contribution in [3.05, 3.63) is 71.0 Å². The van der Waals surface area contributed by atoms with E-state index in [0.717, 1.165) is 24.2 Å². The first-order valence-electron chi connectivity index (χ1n) is 11.9. The number of ether oxygens (including phenoxy) is 1. The minimum Gasteiger partial charge on any atom is -0.380 e. The molecule has 2 aliphatic heterocycles. The Kier molecular flexibility index (Phi) is 5.64. The highest BCUT2D eigenvalue weighted by molar-refractivity contribution is 5.57. The lowest BCUT2D eigenvalue weighted by Crippen LogP contribution is -2.63. The molecule has 1 aromatic heterocycles. The van der Waals surface area contributed by atoms with Gasteiger partial charge in [-0.15, -0.1) is 0 Å². The second kappa shape index (κ2) is 8.27. The number of benzene rings is 2. The van der Waals surface area contributed by atoms with Gasteiger partial charge in [0.15, 0.2) is 5.60 Å². The monoisotopic (exact) mass is 463 g/mol. The molecule has 3 aromatic rings. The van der Waals surface area contributed by atoms with E-state index in [2.05, 4.69) is 55.0 Å². The molecular weight excluding hydrogens is 430 g/mol. The smallest absolute Gasteiger partial charge is 0.258 e. The SMILES string of the molecule is CC(C)c1ccc(C(O)(c2cccc(-c3nc([C@]4(O)CCOC4)no3)c2)C2(C)CN(C)C2)cc1. The minimum atomic E-state index is -1.22. The third-order valence-electron chi connectivity index (χ3n) is 7.48. The van der Waals surface area contributed by atoms with Crippen LogP contribution in [0.4, 0.5) is 0 Å². The molecule has 2 fully saturated rings. The molecule has 5 rings (SSSR count). The number of aromatic nitrogens is 2. The maximum atomic E-state index is 12.4. The molecule has 2 saturated heterocycles. The van der Waals surface area contributed by atoms with Gasteiger partial charge in [0.2, 0.25) is 5.82 Å². The molecule has 0 radical (unpaired) electrons. The summed E-state index contributed by atoms with van der Waals surface area (Å²) in [5.74, 6) is 0.964. The van der Waals surface area contributed by atoms with Crippen molar-refractivity contribution in [2.75, 3.05) is 33.4 Å². The third kappa shape index (κ3) is 3.67. The number of hydrogen-bond donors (Lipinski definition) is 2. The van der Waals surface area contributed by atoms with Crippen LogP contribution in [0, 0.1) is 5.41 Å². The van der Waals surface area contributed by atoms with Crippen LogP contribution in [0.5, 0.6) is 0 Å². The molecule has 2 aromatic carbocycles. The highest BCUT2D eigenvalue weighted by Gasteiger charge is 2.55. The summed E-state index contributed by atoms with van der Waals surface area (Å²) >= 11 is 0. The minimum absolute atomic E-state index is 0.157. The zero-order valence-corrected chi connectivity index (χ0v) is 20.3. The van der Waals surface area contributed by atoms with E-state index in [4.69, 9.17) is 9.26 Å². The Morgan fingerprint density at radius 2 is 1.82 bits per heavy atom. The third-order valence-corrected chi connectivity index (χ3v) is 7.48. The van der Waals surface area contributed by atoms with Crippen molar-refractivity contribution < 1.29 is 19.5 Å². The second-order valence-corrected chi connectivity index (χ2v) is 10.6. The highest BCUT2D eigenvalue weighted by atomic mass is 16.5. The van der Waals surface area contributed by atoms with Gasteiger partial charge in [0, 0.05) is 30.5 Å². The van der Waals surface area contributed by atoms with Crippen molar-refractivity contribution in [2.45, 2.75) is 44.3 Å². The molecule has 180 valence electrons. The zero-order chi connectivity index (χ0) is 24.1. The molecule has 2 aliphatic rings. The van der Waals surface area contributed by atoms with Gasteiger partial charge in [-0.3, -0.25) is 0 Å².